The van der Waals surface area contributed by atoms with E-state index in [0.29, 0.717) is 22.3 Å². The fourth-order valence-corrected chi connectivity index (χ4v) is 5.85. The van der Waals surface area contributed by atoms with Gasteiger partial charge in [-0.15, -0.1) is 0 Å². The summed E-state index contributed by atoms with van der Waals surface area (Å²) in [6.07, 6.45) is 0. The van der Waals surface area contributed by atoms with Crippen LogP contribution in [0.2, 0.25) is 0 Å². The smallest absolute Gasteiger partial charge is 0.334 e. The van der Waals surface area contributed by atoms with Crippen LogP contribution in [0.25, 0.3) is 0 Å². The summed E-state index contributed by atoms with van der Waals surface area (Å²) in [5.74, 6) is -5.69. The minimum atomic E-state index is -1.70. The molecule has 4 aliphatic rings. The van der Waals surface area contributed by atoms with Gasteiger partial charge in [-0.1, -0.05) is 76.4 Å². The third-order valence-electron chi connectivity index (χ3n) is 7.54. The van der Waals surface area contributed by atoms with Gasteiger partial charge in [0.2, 0.25) is 0 Å². The Morgan fingerprint density at radius 3 is 1.65 bits per heavy atom. The van der Waals surface area contributed by atoms with Gasteiger partial charge in [0.05, 0.1) is 0 Å². The average Bonchev–Trinajstić information content (AvgIpc) is 3.14. The first-order valence-electron chi connectivity index (χ1n) is 12.1. The molecule has 2 bridgehead atoms. The van der Waals surface area contributed by atoms with Crippen LogP contribution in [0.15, 0.2) is 66.8 Å². The first kappa shape index (κ1) is 24.7. The normalized spacial score (nSPS) is 26.9. The van der Waals surface area contributed by atoms with E-state index in [1.54, 1.807) is 30.3 Å². The van der Waals surface area contributed by atoms with Crippen molar-refractivity contribution in [1.82, 2.24) is 0 Å². The van der Waals surface area contributed by atoms with Gasteiger partial charge in [-0.3, -0.25) is 9.59 Å². The Labute approximate surface area is 215 Å². The fourth-order valence-electron chi connectivity index (χ4n) is 5.85. The van der Waals surface area contributed by atoms with Gasteiger partial charge in [0.25, 0.3) is 0 Å². The molecule has 37 heavy (non-hydrogen) atoms. The van der Waals surface area contributed by atoms with E-state index in [1.807, 2.05) is 32.9 Å². The molecule has 4 unspecified atom stereocenters. The van der Waals surface area contributed by atoms with Gasteiger partial charge < -0.3 is 14.2 Å². The van der Waals surface area contributed by atoms with Crippen LogP contribution in [-0.4, -0.2) is 23.9 Å². The number of carbonyl (C=O) groups is 4. The maximum absolute atomic E-state index is 13.4. The number of benzene rings is 2. The molecule has 6 rings (SSSR count). The minimum absolute atomic E-state index is 0.130. The molecule has 1 saturated heterocycles. The number of hydrogen-bond donors (Lipinski definition) is 0. The highest BCUT2D eigenvalue weighted by Gasteiger charge is 2.77. The zero-order valence-corrected chi connectivity index (χ0v) is 21.5. The van der Waals surface area contributed by atoms with E-state index in [9.17, 15) is 19.2 Å². The van der Waals surface area contributed by atoms with E-state index in [-0.39, 0.29) is 16.6 Å². The molecule has 0 aromatic heterocycles. The van der Waals surface area contributed by atoms with Crippen LogP contribution < -0.4 is 0 Å². The molecule has 2 aromatic rings. The van der Waals surface area contributed by atoms with Crippen molar-refractivity contribution < 1.29 is 33.4 Å². The van der Waals surface area contributed by atoms with Gasteiger partial charge in [-0.25, -0.2) is 9.59 Å². The summed E-state index contributed by atoms with van der Waals surface area (Å²) in [5, 5.41) is 0. The number of ether oxygens (including phenoxy) is 3. The molecule has 3 aliphatic carbocycles. The maximum atomic E-state index is 13.4. The third kappa shape index (κ3) is 3.12. The van der Waals surface area contributed by atoms with Crippen LogP contribution in [-0.2, 0) is 50.0 Å². The lowest BCUT2D eigenvalue weighted by molar-refractivity contribution is -0.189. The standard InChI is InChI=1S/C30H28O7/c1-15(2)24(31)36-29-18-10-8-9-11-19(18)30(37-25(32)16(3)4,23-22(29)26(33)35-27(23)34)21-14-17(28(5,6)7)12-13-20(21)29/h8-14,22-23H,1,3H2,2,4-7H3. The number of hydrogen-bond acceptors (Lipinski definition) is 7. The number of rotatable bonds is 4. The largest absolute Gasteiger partial charge is 0.445 e. The highest BCUT2D eigenvalue weighted by Crippen LogP contribution is 2.67. The van der Waals surface area contributed by atoms with E-state index in [1.165, 1.54) is 13.8 Å². The van der Waals surface area contributed by atoms with Gasteiger partial charge in [0.15, 0.2) is 11.2 Å². The molecule has 0 spiro atoms. The van der Waals surface area contributed by atoms with Crippen molar-refractivity contribution in [2.75, 3.05) is 0 Å². The number of cyclic esters (lactones) is 2. The molecule has 7 heteroatoms. The van der Waals surface area contributed by atoms with Crippen molar-refractivity contribution in [3.63, 3.8) is 0 Å². The van der Waals surface area contributed by atoms with Crippen LogP contribution >= 0.6 is 0 Å². The Bertz CT molecular complexity index is 1440. The molecular formula is C30H28O7. The number of esters is 4. The molecule has 1 fully saturated rings. The molecule has 2 aromatic carbocycles. The van der Waals surface area contributed by atoms with Gasteiger partial charge >= 0.3 is 23.9 Å². The van der Waals surface area contributed by atoms with E-state index in [4.69, 9.17) is 14.2 Å². The summed E-state index contributed by atoms with van der Waals surface area (Å²) in [7, 11) is 0. The molecule has 4 atom stereocenters. The Hall–Kier alpha value is -4.00. The van der Waals surface area contributed by atoms with Crippen molar-refractivity contribution in [2.45, 2.75) is 51.2 Å². The quantitative estimate of drug-likeness (QED) is 0.266. The SMILES string of the molecule is C=C(C)C(=O)OC12c3ccccc3C(OC(=O)C(=C)C)(c3cc(C(C)(C)C)ccc31)C1C(=O)OC(=O)C12. The monoisotopic (exact) mass is 500 g/mol. The zero-order valence-electron chi connectivity index (χ0n) is 21.5. The third-order valence-corrected chi connectivity index (χ3v) is 7.54. The predicted octanol–water partition coefficient (Wildman–Crippen LogP) is 4.35. The molecule has 1 heterocycles. The van der Waals surface area contributed by atoms with Gasteiger partial charge in [-0.2, -0.15) is 0 Å². The summed E-state index contributed by atoms with van der Waals surface area (Å²) in [6, 6.07) is 12.5. The Morgan fingerprint density at radius 1 is 0.784 bits per heavy atom. The summed E-state index contributed by atoms with van der Waals surface area (Å²) < 4.78 is 17.6. The average molecular weight is 501 g/mol. The second kappa shape index (κ2) is 7.75. The topological polar surface area (TPSA) is 96.0 Å². The van der Waals surface area contributed by atoms with Crippen LogP contribution in [0.1, 0.15) is 62.4 Å². The minimum Gasteiger partial charge on any atom is -0.445 e. The first-order valence-corrected chi connectivity index (χ1v) is 12.1. The number of carbonyl (C=O) groups excluding carboxylic acids is 4. The molecule has 190 valence electrons. The van der Waals surface area contributed by atoms with Crippen molar-refractivity contribution in [3.8, 4) is 0 Å². The fraction of sp³-hybridized carbons (Fsp3) is 0.333. The Balaban J connectivity index is 1.97. The molecule has 0 N–H and O–H groups in total. The Kier molecular flexibility index (Phi) is 5.17. The lowest BCUT2D eigenvalue weighted by Crippen LogP contribution is -2.64. The summed E-state index contributed by atoms with van der Waals surface area (Å²) in [6.45, 7) is 16.5. The van der Waals surface area contributed by atoms with Crippen molar-refractivity contribution in [2.24, 2.45) is 11.8 Å². The van der Waals surface area contributed by atoms with Gasteiger partial charge in [-0.05, 0) is 24.8 Å². The highest BCUT2D eigenvalue weighted by molar-refractivity contribution is 6.02. The van der Waals surface area contributed by atoms with Crippen molar-refractivity contribution >= 4 is 23.9 Å². The second-order valence-corrected chi connectivity index (χ2v) is 11.1. The van der Waals surface area contributed by atoms with Crippen LogP contribution in [0.3, 0.4) is 0 Å². The van der Waals surface area contributed by atoms with E-state index >= 15 is 0 Å². The van der Waals surface area contributed by atoms with E-state index in [2.05, 4.69) is 13.2 Å². The van der Waals surface area contributed by atoms with Crippen molar-refractivity contribution in [1.29, 1.82) is 0 Å². The molecule has 0 radical (unpaired) electrons. The first-order chi connectivity index (χ1) is 17.3. The zero-order chi connectivity index (χ0) is 27.1. The van der Waals surface area contributed by atoms with E-state index < -0.39 is 46.9 Å². The predicted molar refractivity (Wildman–Crippen MR) is 133 cm³/mol. The summed E-state index contributed by atoms with van der Waals surface area (Å²) >= 11 is 0. The van der Waals surface area contributed by atoms with Gasteiger partial charge in [0, 0.05) is 33.4 Å². The van der Waals surface area contributed by atoms with Gasteiger partial charge in [0.1, 0.15) is 11.8 Å². The molecular weight excluding hydrogens is 472 g/mol. The van der Waals surface area contributed by atoms with E-state index in [0.717, 1.165) is 5.56 Å². The molecule has 7 nitrogen and oxygen atoms in total. The molecule has 1 aliphatic heterocycles. The Morgan fingerprint density at radius 2 is 1.22 bits per heavy atom. The summed E-state index contributed by atoms with van der Waals surface area (Å²) in [4.78, 5) is 53.0. The summed E-state index contributed by atoms with van der Waals surface area (Å²) in [5.41, 5.74) is -0.718. The van der Waals surface area contributed by atoms with Crippen LogP contribution in [0.5, 0.6) is 0 Å². The maximum Gasteiger partial charge on any atom is 0.334 e. The molecule has 0 saturated carbocycles. The molecule has 0 amide bonds. The second-order valence-electron chi connectivity index (χ2n) is 11.1. The van der Waals surface area contributed by atoms with Crippen LogP contribution in [0, 0.1) is 11.8 Å². The highest BCUT2D eigenvalue weighted by atomic mass is 16.6. The van der Waals surface area contributed by atoms with Crippen LogP contribution in [0.4, 0.5) is 0 Å². The lowest BCUT2D eigenvalue weighted by Gasteiger charge is -2.57. The van der Waals surface area contributed by atoms with Crippen molar-refractivity contribution in [3.05, 3.63) is 94.6 Å². The lowest BCUT2D eigenvalue weighted by atomic mass is 9.49.